The van der Waals surface area contributed by atoms with Gasteiger partial charge in [0.1, 0.15) is 11.2 Å². The summed E-state index contributed by atoms with van der Waals surface area (Å²) < 4.78 is 7.17. The molecule has 27 heavy (non-hydrogen) atoms. The molecule has 0 aliphatic heterocycles. The van der Waals surface area contributed by atoms with Crippen molar-refractivity contribution in [3.63, 3.8) is 0 Å². The van der Waals surface area contributed by atoms with E-state index in [1.165, 1.54) is 0 Å². The average molecular weight is 520 g/mol. The fraction of sp³-hybridized carbons (Fsp3) is 0. The second kappa shape index (κ2) is 6.90. The molecule has 0 N–H and O–H groups in total. The van der Waals surface area contributed by atoms with Crippen molar-refractivity contribution in [2.45, 2.75) is 0 Å². The molecule has 0 bridgehead atoms. The number of halogens is 2. The van der Waals surface area contributed by atoms with Crippen molar-refractivity contribution in [2.24, 2.45) is 0 Å². The standard InChI is InChI=1S/C18H8Br2N4OS2/c19-10-7-12(26-8-10)14-15(9-3-5-21-6-4-9)22-16(11-1-2-13(20)27-11)18-17(14)23-25-24-18/h1-8H. The van der Waals surface area contributed by atoms with E-state index < -0.39 is 0 Å². The Labute approximate surface area is 178 Å². The van der Waals surface area contributed by atoms with Gasteiger partial charge in [0.25, 0.3) is 0 Å². The lowest BCUT2D eigenvalue weighted by Gasteiger charge is -2.10. The van der Waals surface area contributed by atoms with Gasteiger partial charge in [-0.3, -0.25) is 4.98 Å². The van der Waals surface area contributed by atoms with Crippen LogP contribution in [0.4, 0.5) is 0 Å². The fourth-order valence-electron chi connectivity index (χ4n) is 2.85. The number of rotatable bonds is 3. The zero-order chi connectivity index (χ0) is 18.4. The number of nitrogens with zero attached hydrogens (tertiary/aromatic N) is 4. The van der Waals surface area contributed by atoms with Gasteiger partial charge in [-0.15, -0.1) is 22.7 Å². The number of aromatic nitrogens is 4. The van der Waals surface area contributed by atoms with E-state index in [0.717, 1.165) is 40.5 Å². The zero-order valence-electron chi connectivity index (χ0n) is 13.4. The van der Waals surface area contributed by atoms with Gasteiger partial charge in [0.2, 0.25) is 0 Å². The van der Waals surface area contributed by atoms with Crippen molar-refractivity contribution < 1.29 is 4.63 Å². The first-order valence-electron chi connectivity index (χ1n) is 7.77. The maximum absolute atomic E-state index is 5.13. The van der Waals surface area contributed by atoms with Crippen molar-refractivity contribution in [3.05, 3.63) is 56.4 Å². The molecule has 5 nitrogen and oxygen atoms in total. The lowest BCUT2D eigenvalue weighted by molar-refractivity contribution is 0.315. The lowest BCUT2D eigenvalue weighted by atomic mass is 10.0. The minimum Gasteiger partial charge on any atom is -0.265 e. The van der Waals surface area contributed by atoms with Crippen LogP contribution in [0.25, 0.3) is 43.3 Å². The third-order valence-electron chi connectivity index (χ3n) is 3.98. The largest absolute Gasteiger partial charge is 0.265 e. The average Bonchev–Trinajstić information content (AvgIpc) is 3.42. The second-order valence-corrected chi connectivity index (χ2v) is 9.90. The molecule has 132 valence electrons. The van der Waals surface area contributed by atoms with Crippen LogP contribution in [0.5, 0.6) is 0 Å². The third kappa shape index (κ3) is 3.04. The molecule has 0 radical (unpaired) electrons. The van der Waals surface area contributed by atoms with Crippen LogP contribution in [-0.2, 0) is 0 Å². The van der Waals surface area contributed by atoms with E-state index in [2.05, 4.69) is 53.2 Å². The van der Waals surface area contributed by atoms with Gasteiger partial charge >= 0.3 is 0 Å². The highest BCUT2D eigenvalue weighted by Gasteiger charge is 2.23. The number of thiophene rings is 2. The molecule has 9 heteroatoms. The molecule has 0 atom stereocenters. The summed E-state index contributed by atoms with van der Waals surface area (Å²) in [6, 6.07) is 9.96. The van der Waals surface area contributed by atoms with Crippen LogP contribution in [-0.4, -0.2) is 20.3 Å². The Balaban J connectivity index is 1.89. The van der Waals surface area contributed by atoms with Crippen LogP contribution >= 0.6 is 54.5 Å². The smallest absolute Gasteiger partial charge is 0.163 e. The van der Waals surface area contributed by atoms with E-state index in [1.807, 2.05) is 29.6 Å². The number of hydrogen-bond acceptors (Lipinski definition) is 7. The van der Waals surface area contributed by atoms with Gasteiger partial charge in [-0.25, -0.2) is 9.61 Å². The minimum absolute atomic E-state index is 0.654. The Kier molecular flexibility index (Phi) is 4.39. The summed E-state index contributed by atoms with van der Waals surface area (Å²) in [5.41, 5.74) is 4.81. The molecular weight excluding hydrogens is 512 g/mol. The molecule has 0 spiro atoms. The van der Waals surface area contributed by atoms with E-state index >= 15 is 0 Å². The molecule has 5 rings (SSSR count). The predicted octanol–water partition coefficient (Wildman–Crippen LogP) is 6.66. The highest BCUT2D eigenvalue weighted by atomic mass is 79.9. The summed E-state index contributed by atoms with van der Waals surface area (Å²) in [5.74, 6) is 0. The van der Waals surface area contributed by atoms with E-state index in [-0.39, 0.29) is 0 Å². The Bertz CT molecular complexity index is 1260. The molecule has 0 fully saturated rings. The third-order valence-corrected chi connectivity index (χ3v) is 7.32. The SMILES string of the molecule is Brc1csc(-c2c(-c3ccncc3)nc(-c3ccc(Br)s3)c3nonc23)c1. The fourth-order valence-corrected chi connectivity index (χ4v) is 5.70. The van der Waals surface area contributed by atoms with Crippen molar-refractivity contribution in [3.8, 4) is 32.3 Å². The summed E-state index contributed by atoms with van der Waals surface area (Å²) in [7, 11) is 0. The Morgan fingerprint density at radius 3 is 2.41 bits per heavy atom. The summed E-state index contributed by atoms with van der Waals surface area (Å²) >= 11 is 10.3. The summed E-state index contributed by atoms with van der Waals surface area (Å²) in [6.07, 6.45) is 3.52. The number of hydrogen-bond donors (Lipinski definition) is 0. The predicted molar refractivity (Wildman–Crippen MR) is 115 cm³/mol. The van der Waals surface area contributed by atoms with Crippen LogP contribution in [0.2, 0.25) is 0 Å². The van der Waals surface area contributed by atoms with Gasteiger partial charge < -0.3 is 0 Å². The normalized spacial score (nSPS) is 11.3. The number of pyridine rings is 2. The molecule has 5 heterocycles. The minimum atomic E-state index is 0.654. The maximum Gasteiger partial charge on any atom is 0.163 e. The summed E-state index contributed by atoms with van der Waals surface area (Å²) in [6.45, 7) is 0. The molecule has 5 aromatic rings. The highest BCUT2D eigenvalue weighted by molar-refractivity contribution is 9.11. The van der Waals surface area contributed by atoms with Crippen molar-refractivity contribution in [2.75, 3.05) is 0 Å². The van der Waals surface area contributed by atoms with Gasteiger partial charge in [0, 0.05) is 38.3 Å². The van der Waals surface area contributed by atoms with Gasteiger partial charge in [0.05, 0.1) is 14.4 Å². The lowest BCUT2D eigenvalue weighted by Crippen LogP contribution is -1.94. The zero-order valence-corrected chi connectivity index (χ0v) is 18.2. The van der Waals surface area contributed by atoms with Gasteiger partial charge in [-0.05, 0) is 72.5 Å². The van der Waals surface area contributed by atoms with Crippen LogP contribution < -0.4 is 0 Å². The molecule has 0 aliphatic rings. The summed E-state index contributed by atoms with van der Waals surface area (Å²) in [5, 5.41) is 10.4. The molecule has 5 aromatic heterocycles. The van der Waals surface area contributed by atoms with Gasteiger partial charge in [0.15, 0.2) is 5.52 Å². The monoisotopic (exact) mass is 518 g/mol. The van der Waals surface area contributed by atoms with E-state index in [0.29, 0.717) is 11.0 Å². The second-order valence-electron chi connectivity index (χ2n) is 5.61. The summed E-state index contributed by atoms with van der Waals surface area (Å²) in [4.78, 5) is 11.2. The molecule has 0 unspecified atom stereocenters. The molecule has 0 aliphatic carbocycles. The van der Waals surface area contributed by atoms with E-state index in [4.69, 9.17) is 9.61 Å². The molecule has 0 amide bonds. The maximum atomic E-state index is 5.13. The van der Waals surface area contributed by atoms with Crippen LogP contribution in [0, 0.1) is 0 Å². The molecular formula is C18H8Br2N4OS2. The van der Waals surface area contributed by atoms with Gasteiger partial charge in [-0.1, -0.05) is 0 Å². The first-order valence-corrected chi connectivity index (χ1v) is 11.1. The van der Waals surface area contributed by atoms with Crippen LogP contribution in [0.15, 0.2) is 61.0 Å². The highest BCUT2D eigenvalue weighted by Crippen LogP contribution is 2.43. The Morgan fingerprint density at radius 2 is 1.70 bits per heavy atom. The first kappa shape index (κ1) is 17.2. The molecule has 0 saturated heterocycles. The molecule has 0 saturated carbocycles. The first-order chi connectivity index (χ1) is 13.2. The van der Waals surface area contributed by atoms with E-state index in [1.54, 1.807) is 35.1 Å². The Hall–Kier alpha value is -1.94. The topological polar surface area (TPSA) is 64.7 Å². The quantitative estimate of drug-likeness (QED) is 0.266. The van der Waals surface area contributed by atoms with Crippen molar-refractivity contribution >= 4 is 65.6 Å². The van der Waals surface area contributed by atoms with Crippen LogP contribution in [0.1, 0.15) is 0 Å². The molecule has 0 aromatic carbocycles. The van der Waals surface area contributed by atoms with Gasteiger partial charge in [-0.2, -0.15) is 0 Å². The number of fused-ring (bicyclic) bond motifs is 1. The van der Waals surface area contributed by atoms with Crippen LogP contribution in [0.3, 0.4) is 0 Å². The van der Waals surface area contributed by atoms with E-state index in [9.17, 15) is 0 Å². The van der Waals surface area contributed by atoms with Crippen molar-refractivity contribution in [1.82, 2.24) is 20.3 Å². The Morgan fingerprint density at radius 1 is 0.889 bits per heavy atom. The van der Waals surface area contributed by atoms with Crippen molar-refractivity contribution in [1.29, 1.82) is 0 Å².